The zero-order valence-corrected chi connectivity index (χ0v) is 18.7. The van der Waals surface area contributed by atoms with Gasteiger partial charge < -0.3 is 10.2 Å². The van der Waals surface area contributed by atoms with Crippen LogP contribution in [0.25, 0.3) is 0 Å². The molecular weight excluding hydrogens is 344 g/mol. The van der Waals surface area contributed by atoms with Gasteiger partial charge >= 0.3 is 0 Å². The fourth-order valence-corrected chi connectivity index (χ4v) is 2.65. The SMILES string of the molecule is CCCCC/C=C\C/C=C\C/C=C\C/C=C\CCCC(=O)NCCCN(C)C. The number of amides is 1. The summed E-state index contributed by atoms with van der Waals surface area (Å²) in [6, 6.07) is 0. The van der Waals surface area contributed by atoms with Crippen LogP contribution in [0.15, 0.2) is 48.6 Å². The highest BCUT2D eigenvalue weighted by molar-refractivity contribution is 5.75. The number of hydrogen-bond donors (Lipinski definition) is 1. The molecule has 0 heterocycles. The van der Waals surface area contributed by atoms with Crippen molar-refractivity contribution in [3.05, 3.63) is 48.6 Å². The minimum atomic E-state index is 0.176. The van der Waals surface area contributed by atoms with Crippen molar-refractivity contribution in [2.45, 2.75) is 77.6 Å². The molecule has 0 saturated heterocycles. The van der Waals surface area contributed by atoms with Crippen molar-refractivity contribution in [3.63, 3.8) is 0 Å². The Hall–Kier alpha value is -1.61. The first kappa shape index (κ1) is 26.4. The van der Waals surface area contributed by atoms with E-state index in [2.05, 4.69) is 79.8 Å². The molecule has 0 unspecified atom stereocenters. The van der Waals surface area contributed by atoms with Gasteiger partial charge in [0.05, 0.1) is 0 Å². The van der Waals surface area contributed by atoms with Crippen LogP contribution >= 0.6 is 0 Å². The Morgan fingerprint density at radius 1 is 0.750 bits per heavy atom. The number of carbonyl (C=O) groups excluding carboxylic acids is 1. The molecule has 0 saturated carbocycles. The van der Waals surface area contributed by atoms with Crippen LogP contribution in [-0.4, -0.2) is 38.0 Å². The lowest BCUT2D eigenvalue weighted by Gasteiger charge is -2.09. The number of carbonyl (C=O) groups is 1. The highest BCUT2D eigenvalue weighted by Gasteiger charge is 1.99. The number of hydrogen-bond acceptors (Lipinski definition) is 2. The molecule has 28 heavy (non-hydrogen) atoms. The monoisotopic (exact) mass is 388 g/mol. The molecule has 0 aliphatic rings. The minimum Gasteiger partial charge on any atom is -0.356 e. The highest BCUT2D eigenvalue weighted by atomic mass is 16.1. The van der Waals surface area contributed by atoms with E-state index < -0.39 is 0 Å². The van der Waals surface area contributed by atoms with Crippen LogP contribution in [0.2, 0.25) is 0 Å². The van der Waals surface area contributed by atoms with Crippen molar-refractivity contribution < 1.29 is 4.79 Å². The molecule has 0 fully saturated rings. The summed E-state index contributed by atoms with van der Waals surface area (Å²) in [5, 5.41) is 2.98. The Balaban J connectivity index is 3.46. The van der Waals surface area contributed by atoms with Gasteiger partial charge in [0, 0.05) is 13.0 Å². The van der Waals surface area contributed by atoms with E-state index in [1.165, 1.54) is 25.7 Å². The van der Waals surface area contributed by atoms with E-state index in [-0.39, 0.29) is 5.91 Å². The zero-order valence-electron chi connectivity index (χ0n) is 18.7. The number of nitrogens with one attached hydrogen (secondary N) is 1. The Labute approximate surface area is 174 Å². The number of allylic oxidation sites excluding steroid dienone is 8. The van der Waals surface area contributed by atoms with Crippen LogP contribution in [0.5, 0.6) is 0 Å². The van der Waals surface area contributed by atoms with Gasteiger partial charge in [-0.25, -0.2) is 0 Å². The number of nitrogens with zero attached hydrogens (tertiary/aromatic N) is 1. The largest absolute Gasteiger partial charge is 0.356 e. The van der Waals surface area contributed by atoms with Gasteiger partial charge in [0.2, 0.25) is 5.91 Å². The molecule has 0 radical (unpaired) electrons. The summed E-state index contributed by atoms with van der Waals surface area (Å²) in [6.07, 6.45) is 29.6. The molecule has 0 spiro atoms. The Bertz CT molecular complexity index is 461. The lowest BCUT2D eigenvalue weighted by atomic mass is 10.2. The summed E-state index contributed by atoms with van der Waals surface area (Å²) in [7, 11) is 4.10. The molecule has 0 aromatic heterocycles. The molecule has 0 bridgehead atoms. The molecule has 0 rings (SSSR count). The third-order valence-electron chi connectivity index (χ3n) is 4.34. The smallest absolute Gasteiger partial charge is 0.220 e. The van der Waals surface area contributed by atoms with Crippen LogP contribution in [-0.2, 0) is 4.79 Å². The minimum absolute atomic E-state index is 0.176. The first-order valence-electron chi connectivity index (χ1n) is 11.2. The second-order valence-electron chi connectivity index (χ2n) is 7.49. The van der Waals surface area contributed by atoms with Gasteiger partial charge in [-0.05, 0) is 72.0 Å². The van der Waals surface area contributed by atoms with Gasteiger partial charge in [-0.2, -0.15) is 0 Å². The number of rotatable bonds is 18. The molecule has 0 aromatic carbocycles. The van der Waals surface area contributed by atoms with E-state index in [1.807, 2.05) is 0 Å². The fraction of sp³-hybridized carbons (Fsp3) is 0.640. The van der Waals surface area contributed by atoms with Crippen LogP contribution in [0, 0.1) is 0 Å². The van der Waals surface area contributed by atoms with Crippen LogP contribution in [0.1, 0.15) is 77.6 Å². The first-order valence-corrected chi connectivity index (χ1v) is 11.2. The van der Waals surface area contributed by atoms with E-state index in [0.29, 0.717) is 6.42 Å². The Kier molecular flexibility index (Phi) is 20.4. The molecule has 1 amide bonds. The molecule has 0 atom stereocenters. The van der Waals surface area contributed by atoms with E-state index in [4.69, 9.17) is 0 Å². The lowest BCUT2D eigenvalue weighted by molar-refractivity contribution is -0.121. The van der Waals surface area contributed by atoms with Crippen LogP contribution < -0.4 is 5.32 Å². The molecule has 0 aromatic rings. The van der Waals surface area contributed by atoms with Crippen molar-refractivity contribution in [1.29, 1.82) is 0 Å². The zero-order chi connectivity index (χ0) is 20.7. The number of unbranched alkanes of at least 4 members (excludes halogenated alkanes) is 4. The van der Waals surface area contributed by atoms with E-state index >= 15 is 0 Å². The predicted octanol–water partition coefficient (Wildman–Crippen LogP) is 6.20. The second kappa shape index (κ2) is 21.7. The lowest BCUT2D eigenvalue weighted by Crippen LogP contribution is -2.26. The average molecular weight is 389 g/mol. The van der Waals surface area contributed by atoms with Gasteiger partial charge in [-0.3, -0.25) is 4.79 Å². The maximum Gasteiger partial charge on any atom is 0.220 e. The molecule has 1 N–H and O–H groups in total. The fourth-order valence-electron chi connectivity index (χ4n) is 2.65. The van der Waals surface area contributed by atoms with Crippen molar-refractivity contribution in [3.8, 4) is 0 Å². The molecular formula is C25H44N2O. The summed E-state index contributed by atoms with van der Waals surface area (Å²) in [6.45, 7) is 4.04. The van der Waals surface area contributed by atoms with Gasteiger partial charge in [0.1, 0.15) is 0 Å². The summed E-state index contributed by atoms with van der Waals surface area (Å²) in [4.78, 5) is 13.8. The third kappa shape index (κ3) is 22.4. The van der Waals surface area contributed by atoms with Crippen molar-refractivity contribution in [1.82, 2.24) is 10.2 Å². The molecule has 3 nitrogen and oxygen atoms in total. The first-order chi connectivity index (χ1) is 13.7. The predicted molar refractivity (Wildman–Crippen MR) is 125 cm³/mol. The van der Waals surface area contributed by atoms with E-state index in [0.717, 1.165) is 51.6 Å². The Morgan fingerprint density at radius 3 is 1.82 bits per heavy atom. The molecule has 0 aliphatic heterocycles. The summed E-state index contributed by atoms with van der Waals surface area (Å²) in [5.74, 6) is 0.176. The van der Waals surface area contributed by atoms with Gasteiger partial charge in [0.25, 0.3) is 0 Å². The van der Waals surface area contributed by atoms with Crippen molar-refractivity contribution in [2.24, 2.45) is 0 Å². The normalized spacial score (nSPS) is 12.4. The van der Waals surface area contributed by atoms with Crippen LogP contribution in [0.3, 0.4) is 0 Å². The second-order valence-corrected chi connectivity index (χ2v) is 7.49. The quantitative estimate of drug-likeness (QED) is 0.224. The molecule has 3 heteroatoms. The highest BCUT2D eigenvalue weighted by Crippen LogP contribution is 2.01. The molecule has 160 valence electrons. The van der Waals surface area contributed by atoms with Gasteiger partial charge in [0.15, 0.2) is 0 Å². The van der Waals surface area contributed by atoms with E-state index in [9.17, 15) is 4.79 Å². The van der Waals surface area contributed by atoms with Gasteiger partial charge in [-0.15, -0.1) is 0 Å². The van der Waals surface area contributed by atoms with Crippen LogP contribution in [0.4, 0.5) is 0 Å². The summed E-state index contributed by atoms with van der Waals surface area (Å²) in [5.41, 5.74) is 0. The maximum absolute atomic E-state index is 11.7. The summed E-state index contributed by atoms with van der Waals surface area (Å²) >= 11 is 0. The maximum atomic E-state index is 11.7. The average Bonchev–Trinajstić information content (AvgIpc) is 2.67. The Morgan fingerprint density at radius 2 is 1.29 bits per heavy atom. The van der Waals surface area contributed by atoms with Crippen molar-refractivity contribution in [2.75, 3.05) is 27.2 Å². The third-order valence-corrected chi connectivity index (χ3v) is 4.34. The van der Waals surface area contributed by atoms with Gasteiger partial charge in [-0.1, -0.05) is 68.4 Å². The molecule has 0 aliphatic carbocycles. The topological polar surface area (TPSA) is 32.3 Å². The van der Waals surface area contributed by atoms with E-state index in [1.54, 1.807) is 0 Å². The standard InChI is InChI=1S/C25H44N2O/c1-4-5-6-7-8-9-10-11-12-13-14-15-16-17-18-19-20-22-25(28)26-23-21-24-27(2)3/h8-9,11-12,14-15,17-18H,4-7,10,13,16,19-24H2,1-3H3,(H,26,28)/b9-8-,12-11-,15-14-,18-17-. The van der Waals surface area contributed by atoms with Crippen molar-refractivity contribution >= 4 is 5.91 Å². The summed E-state index contributed by atoms with van der Waals surface area (Å²) < 4.78 is 0.